The van der Waals surface area contributed by atoms with Crippen molar-refractivity contribution in [2.24, 2.45) is 0 Å². The molecule has 0 amide bonds. The van der Waals surface area contributed by atoms with Gasteiger partial charge in [-0.3, -0.25) is 0 Å². The van der Waals surface area contributed by atoms with Crippen LogP contribution in [0.1, 0.15) is 17.5 Å². The molecule has 0 atom stereocenters. The zero-order valence-corrected chi connectivity index (χ0v) is 13.0. The van der Waals surface area contributed by atoms with Gasteiger partial charge >= 0.3 is 5.97 Å². The van der Waals surface area contributed by atoms with Gasteiger partial charge in [0.25, 0.3) is 0 Å². The van der Waals surface area contributed by atoms with Gasteiger partial charge in [0, 0.05) is 12.0 Å². The van der Waals surface area contributed by atoms with E-state index in [1.807, 2.05) is 54.6 Å². The van der Waals surface area contributed by atoms with Crippen LogP contribution in [0, 0.1) is 0 Å². The fourth-order valence-corrected chi connectivity index (χ4v) is 2.41. The Morgan fingerprint density at radius 3 is 2.65 bits per heavy atom. The van der Waals surface area contributed by atoms with E-state index in [0.717, 1.165) is 11.1 Å². The summed E-state index contributed by atoms with van der Waals surface area (Å²) >= 11 is 0. The van der Waals surface area contributed by atoms with Crippen LogP contribution in [0.5, 0.6) is 11.5 Å². The number of hydrogen-bond acceptors (Lipinski definition) is 4. The molecule has 0 spiro atoms. The molecule has 4 heteroatoms. The highest BCUT2D eigenvalue weighted by molar-refractivity contribution is 5.95. The molecule has 0 aliphatic carbocycles. The first-order valence-corrected chi connectivity index (χ1v) is 7.49. The molecular formula is C19H18O4. The van der Waals surface area contributed by atoms with Gasteiger partial charge in [0.15, 0.2) is 11.5 Å². The fraction of sp³-hybridized carbons (Fsp3) is 0.211. The second-order valence-corrected chi connectivity index (χ2v) is 5.24. The third kappa shape index (κ3) is 3.72. The molecule has 0 N–H and O–H groups in total. The summed E-state index contributed by atoms with van der Waals surface area (Å²) in [4.78, 5) is 11.5. The summed E-state index contributed by atoms with van der Waals surface area (Å²) < 4.78 is 16.2. The number of rotatable bonds is 5. The summed E-state index contributed by atoms with van der Waals surface area (Å²) in [5.74, 6) is 1.07. The standard InChI is InChI=1S/C19H18O4/c1-21-18-12-15(11-16-9-10-22-19(16)20)7-8-17(18)23-13-14-5-3-2-4-6-14/h2-8,11-12H,9-10,13H2,1H3. The van der Waals surface area contributed by atoms with Crippen molar-refractivity contribution in [2.45, 2.75) is 13.0 Å². The van der Waals surface area contributed by atoms with Crippen LogP contribution < -0.4 is 9.47 Å². The van der Waals surface area contributed by atoms with Crippen LogP contribution in [0.15, 0.2) is 54.1 Å². The molecule has 0 radical (unpaired) electrons. The second kappa shape index (κ2) is 7.01. The van der Waals surface area contributed by atoms with Gasteiger partial charge in [0.1, 0.15) is 6.61 Å². The molecule has 3 rings (SSSR count). The van der Waals surface area contributed by atoms with Crippen molar-refractivity contribution < 1.29 is 19.0 Å². The van der Waals surface area contributed by atoms with Crippen molar-refractivity contribution in [3.05, 3.63) is 65.2 Å². The highest BCUT2D eigenvalue weighted by atomic mass is 16.5. The van der Waals surface area contributed by atoms with Gasteiger partial charge in [-0.2, -0.15) is 0 Å². The minimum absolute atomic E-state index is 0.242. The minimum atomic E-state index is -0.242. The summed E-state index contributed by atoms with van der Waals surface area (Å²) in [6, 6.07) is 15.6. The maximum absolute atomic E-state index is 11.5. The molecule has 0 aromatic heterocycles. The van der Waals surface area contributed by atoms with Crippen LogP contribution >= 0.6 is 0 Å². The number of carbonyl (C=O) groups is 1. The molecule has 1 saturated heterocycles. The molecule has 0 bridgehead atoms. The van der Waals surface area contributed by atoms with Crippen LogP contribution in [-0.4, -0.2) is 19.7 Å². The van der Waals surface area contributed by atoms with Gasteiger partial charge in [-0.25, -0.2) is 4.79 Å². The van der Waals surface area contributed by atoms with Crippen LogP contribution in [0.25, 0.3) is 6.08 Å². The largest absolute Gasteiger partial charge is 0.493 e. The quantitative estimate of drug-likeness (QED) is 0.625. The average molecular weight is 310 g/mol. The fourth-order valence-electron chi connectivity index (χ4n) is 2.41. The van der Waals surface area contributed by atoms with Crippen LogP contribution in [0.2, 0.25) is 0 Å². The number of ether oxygens (including phenoxy) is 3. The summed E-state index contributed by atoms with van der Waals surface area (Å²) in [7, 11) is 1.60. The molecule has 1 aliphatic rings. The second-order valence-electron chi connectivity index (χ2n) is 5.24. The lowest BCUT2D eigenvalue weighted by Gasteiger charge is -2.11. The number of benzene rings is 2. The van der Waals surface area contributed by atoms with Crippen molar-refractivity contribution >= 4 is 12.0 Å². The van der Waals surface area contributed by atoms with Crippen molar-refractivity contribution in [2.75, 3.05) is 13.7 Å². The zero-order chi connectivity index (χ0) is 16.1. The van der Waals surface area contributed by atoms with Gasteiger partial charge in [-0.05, 0) is 29.3 Å². The summed E-state index contributed by atoms with van der Waals surface area (Å²) in [5, 5.41) is 0. The Bertz CT molecular complexity index is 719. The molecule has 118 valence electrons. The molecule has 1 fully saturated rings. The molecule has 1 heterocycles. The summed E-state index contributed by atoms with van der Waals surface area (Å²) in [6.45, 7) is 0.935. The van der Waals surface area contributed by atoms with Crippen LogP contribution in [0.3, 0.4) is 0 Å². The van der Waals surface area contributed by atoms with Crippen molar-refractivity contribution in [3.8, 4) is 11.5 Å². The normalized spacial score (nSPS) is 15.5. The Labute approximate surface area is 135 Å². The van der Waals surface area contributed by atoms with E-state index in [1.54, 1.807) is 7.11 Å². The Hall–Kier alpha value is -2.75. The van der Waals surface area contributed by atoms with E-state index in [-0.39, 0.29) is 5.97 Å². The Kier molecular flexibility index (Phi) is 4.62. The predicted octanol–water partition coefficient (Wildman–Crippen LogP) is 3.60. The highest BCUT2D eigenvalue weighted by Crippen LogP contribution is 2.30. The van der Waals surface area contributed by atoms with E-state index in [1.165, 1.54) is 0 Å². The Morgan fingerprint density at radius 1 is 1.13 bits per heavy atom. The molecule has 0 unspecified atom stereocenters. The van der Waals surface area contributed by atoms with E-state index < -0.39 is 0 Å². The van der Waals surface area contributed by atoms with Crippen molar-refractivity contribution in [3.63, 3.8) is 0 Å². The van der Waals surface area contributed by atoms with Gasteiger partial charge in [-0.1, -0.05) is 36.4 Å². The van der Waals surface area contributed by atoms with Gasteiger partial charge in [0.2, 0.25) is 0 Å². The first-order valence-electron chi connectivity index (χ1n) is 7.49. The molecule has 23 heavy (non-hydrogen) atoms. The van der Waals surface area contributed by atoms with Crippen LogP contribution in [-0.2, 0) is 16.1 Å². The number of cyclic esters (lactones) is 1. The third-order valence-electron chi connectivity index (χ3n) is 3.63. The number of methoxy groups -OCH3 is 1. The molecule has 1 aliphatic heterocycles. The van der Waals surface area contributed by atoms with Crippen molar-refractivity contribution in [1.29, 1.82) is 0 Å². The Balaban J connectivity index is 1.76. The number of esters is 1. The topological polar surface area (TPSA) is 44.8 Å². The lowest BCUT2D eigenvalue weighted by molar-refractivity contribution is -0.134. The summed E-state index contributed by atoms with van der Waals surface area (Å²) in [5.41, 5.74) is 2.67. The lowest BCUT2D eigenvalue weighted by Crippen LogP contribution is -1.98. The zero-order valence-electron chi connectivity index (χ0n) is 13.0. The molecule has 0 saturated carbocycles. The lowest BCUT2D eigenvalue weighted by atomic mass is 10.1. The molecule has 2 aromatic rings. The van der Waals surface area contributed by atoms with E-state index in [0.29, 0.717) is 36.7 Å². The van der Waals surface area contributed by atoms with Gasteiger partial charge in [0.05, 0.1) is 13.7 Å². The Morgan fingerprint density at radius 2 is 1.96 bits per heavy atom. The molecule has 4 nitrogen and oxygen atoms in total. The molecule has 2 aromatic carbocycles. The van der Waals surface area contributed by atoms with Gasteiger partial charge in [-0.15, -0.1) is 0 Å². The first-order chi connectivity index (χ1) is 11.3. The van der Waals surface area contributed by atoms with E-state index >= 15 is 0 Å². The smallest absolute Gasteiger partial charge is 0.334 e. The number of hydrogen-bond donors (Lipinski definition) is 0. The summed E-state index contributed by atoms with van der Waals surface area (Å²) in [6.07, 6.45) is 2.48. The SMILES string of the molecule is COc1cc(C=C2CCOC2=O)ccc1OCc1ccccc1. The number of carbonyl (C=O) groups excluding carboxylic acids is 1. The first kappa shape index (κ1) is 15.2. The average Bonchev–Trinajstić information content (AvgIpc) is 2.99. The maximum Gasteiger partial charge on any atom is 0.334 e. The van der Waals surface area contributed by atoms with E-state index in [2.05, 4.69) is 0 Å². The monoisotopic (exact) mass is 310 g/mol. The van der Waals surface area contributed by atoms with E-state index in [9.17, 15) is 4.79 Å². The maximum atomic E-state index is 11.5. The van der Waals surface area contributed by atoms with Crippen LogP contribution in [0.4, 0.5) is 0 Å². The van der Waals surface area contributed by atoms with Gasteiger partial charge < -0.3 is 14.2 Å². The predicted molar refractivity (Wildman–Crippen MR) is 87.3 cm³/mol. The molecular weight excluding hydrogens is 292 g/mol. The third-order valence-corrected chi connectivity index (χ3v) is 3.63. The van der Waals surface area contributed by atoms with E-state index in [4.69, 9.17) is 14.2 Å². The minimum Gasteiger partial charge on any atom is -0.493 e. The van der Waals surface area contributed by atoms with Crippen molar-refractivity contribution in [1.82, 2.24) is 0 Å². The highest BCUT2D eigenvalue weighted by Gasteiger charge is 2.18.